The maximum atomic E-state index is 11.9. The summed E-state index contributed by atoms with van der Waals surface area (Å²) in [5.41, 5.74) is 0. The first-order chi connectivity index (χ1) is 3.70. The SMILES string of the molecule is Cn1nc(F)[c]c1F. The van der Waals surface area contributed by atoms with E-state index in [-0.39, 0.29) is 0 Å². The van der Waals surface area contributed by atoms with Crippen molar-refractivity contribution in [3.63, 3.8) is 0 Å². The fourth-order valence-corrected chi connectivity index (χ4v) is 0.367. The second-order valence-corrected chi connectivity index (χ2v) is 1.33. The van der Waals surface area contributed by atoms with Gasteiger partial charge in [0.1, 0.15) is 6.07 Å². The van der Waals surface area contributed by atoms with Crippen molar-refractivity contribution < 1.29 is 8.78 Å². The van der Waals surface area contributed by atoms with Gasteiger partial charge in [0.05, 0.1) is 0 Å². The summed E-state index contributed by atoms with van der Waals surface area (Å²) in [6, 6.07) is 1.73. The predicted molar refractivity (Wildman–Crippen MR) is 22.0 cm³/mol. The van der Waals surface area contributed by atoms with Gasteiger partial charge >= 0.3 is 0 Å². The first kappa shape index (κ1) is 5.21. The fourth-order valence-electron chi connectivity index (χ4n) is 0.367. The summed E-state index contributed by atoms with van der Waals surface area (Å²) < 4.78 is 24.5. The summed E-state index contributed by atoms with van der Waals surface area (Å²) in [7, 11) is 1.30. The zero-order chi connectivity index (χ0) is 6.15. The van der Waals surface area contributed by atoms with Crippen LogP contribution in [-0.2, 0) is 7.05 Å². The minimum absolute atomic E-state index is 0.773. The van der Waals surface area contributed by atoms with Crippen molar-refractivity contribution in [2.24, 2.45) is 7.05 Å². The van der Waals surface area contributed by atoms with Gasteiger partial charge in [-0.05, 0) is 0 Å². The number of halogens is 2. The molecule has 0 N–H and O–H groups in total. The Hall–Kier alpha value is -0.930. The Morgan fingerprint density at radius 3 is 2.38 bits per heavy atom. The molecule has 0 atom stereocenters. The summed E-state index contributed by atoms with van der Waals surface area (Å²) in [6.45, 7) is 0. The van der Waals surface area contributed by atoms with E-state index in [0.717, 1.165) is 4.68 Å². The molecule has 0 aliphatic heterocycles. The second-order valence-electron chi connectivity index (χ2n) is 1.33. The molecule has 0 aliphatic rings. The molecule has 0 saturated carbocycles. The number of rotatable bonds is 0. The third kappa shape index (κ3) is 0.685. The summed E-state index contributed by atoms with van der Waals surface area (Å²) in [5, 5.41) is 3.03. The van der Waals surface area contributed by atoms with Crippen LogP contribution in [0.1, 0.15) is 0 Å². The van der Waals surface area contributed by atoms with Crippen LogP contribution in [-0.4, -0.2) is 9.78 Å². The molecule has 0 bridgehead atoms. The van der Waals surface area contributed by atoms with Crippen LogP contribution in [0, 0.1) is 18.0 Å². The Labute approximate surface area is 44.7 Å². The lowest BCUT2D eigenvalue weighted by atomic mass is 10.7. The van der Waals surface area contributed by atoms with E-state index in [9.17, 15) is 8.78 Å². The third-order valence-electron chi connectivity index (χ3n) is 0.728. The Bertz CT molecular complexity index is 174. The molecule has 1 radical (unpaired) electrons. The number of hydrogen-bond acceptors (Lipinski definition) is 1. The van der Waals surface area contributed by atoms with E-state index in [2.05, 4.69) is 5.10 Å². The highest BCUT2D eigenvalue weighted by Gasteiger charge is 2.00. The molecule has 4 heteroatoms. The molecular formula is C4H3F2N2. The van der Waals surface area contributed by atoms with Crippen LogP contribution in [0.5, 0.6) is 0 Å². The van der Waals surface area contributed by atoms with Gasteiger partial charge in [-0.3, -0.25) is 0 Å². The minimum Gasteiger partial charge on any atom is -0.239 e. The molecule has 2 nitrogen and oxygen atoms in total. The lowest BCUT2D eigenvalue weighted by molar-refractivity contribution is 0.491. The average Bonchev–Trinajstić information content (AvgIpc) is 1.85. The van der Waals surface area contributed by atoms with Crippen LogP contribution in [0.25, 0.3) is 0 Å². The highest BCUT2D eigenvalue weighted by molar-refractivity contribution is 4.81. The van der Waals surface area contributed by atoms with E-state index in [0.29, 0.717) is 0 Å². The van der Waals surface area contributed by atoms with Crippen LogP contribution in [0.3, 0.4) is 0 Å². The van der Waals surface area contributed by atoms with Crippen LogP contribution in [0.15, 0.2) is 0 Å². The molecule has 1 heterocycles. The van der Waals surface area contributed by atoms with Gasteiger partial charge in [0.25, 0.3) is 0 Å². The van der Waals surface area contributed by atoms with Crippen molar-refractivity contribution in [2.75, 3.05) is 0 Å². The van der Waals surface area contributed by atoms with E-state index in [1.54, 1.807) is 6.07 Å². The zero-order valence-corrected chi connectivity index (χ0v) is 4.15. The smallest absolute Gasteiger partial charge is 0.239 e. The second kappa shape index (κ2) is 1.54. The Balaban J connectivity index is 3.14. The maximum absolute atomic E-state index is 11.9. The van der Waals surface area contributed by atoms with Crippen molar-refractivity contribution in [1.82, 2.24) is 9.78 Å². The van der Waals surface area contributed by atoms with E-state index in [1.165, 1.54) is 7.05 Å². The fraction of sp³-hybridized carbons (Fsp3) is 0.250. The van der Waals surface area contributed by atoms with Crippen molar-refractivity contribution in [1.29, 1.82) is 0 Å². The summed E-state index contributed by atoms with van der Waals surface area (Å²) in [5.74, 6) is -1.70. The molecule has 0 aromatic carbocycles. The van der Waals surface area contributed by atoms with Gasteiger partial charge in [-0.2, -0.15) is 8.78 Å². The van der Waals surface area contributed by atoms with E-state index in [4.69, 9.17) is 0 Å². The van der Waals surface area contributed by atoms with Crippen molar-refractivity contribution >= 4 is 0 Å². The monoisotopic (exact) mass is 117 g/mol. The van der Waals surface area contributed by atoms with Crippen LogP contribution in [0.4, 0.5) is 8.78 Å². The highest BCUT2D eigenvalue weighted by atomic mass is 19.1. The first-order valence-electron chi connectivity index (χ1n) is 1.97. The molecule has 0 saturated heterocycles. The molecule has 43 valence electrons. The summed E-state index contributed by atoms with van der Waals surface area (Å²) >= 11 is 0. The van der Waals surface area contributed by atoms with Crippen LogP contribution in [0.2, 0.25) is 0 Å². The highest BCUT2D eigenvalue weighted by Crippen LogP contribution is 1.94. The van der Waals surface area contributed by atoms with Gasteiger partial charge in [-0.1, -0.05) is 0 Å². The lowest BCUT2D eigenvalue weighted by Crippen LogP contribution is -1.92. The molecule has 1 aromatic rings. The van der Waals surface area contributed by atoms with Crippen LogP contribution >= 0.6 is 0 Å². The molecule has 0 amide bonds. The van der Waals surface area contributed by atoms with Crippen LogP contribution < -0.4 is 0 Å². The summed E-state index contributed by atoms with van der Waals surface area (Å²) in [4.78, 5) is 0. The first-order valence-corrected chi connectivity index (χ1v) is 1.97. The Morgan fingerprint density at radius 1 is 1.62 bits per heavy atom. The van der Waals surface area contributed by atoms with Crippen molar-refractivity contribution in [3.8, 4) is 0 Å². The van der Waals surface area contributed by atoms with Gasteiger partial charge in [-0.15, -0.1) is 5.10 Å². The number of hydrogen-bond donors (Lipinski definition) is 0. The lowest BCUT2D eigenvalue weighted by Gasteiger charge is -1.82. The molecule has 0 unspecified atom stereocenters. The van der Waals surface area contributed by atoms with E-state index in [1.807, 2.05) is 0 Å². The Kier molecular flexibility index (Phi) is 1.00. The Morgan fingerprint density at radius 2 is 2.25 bits per heavy atom. The largest absolute Gasteiger partial charge is 0.243 e. The predicted octanol–water partition coefficient (Wildman–Crippen LogP) is 0.498. The molecule has 1 aromatic heterocycles. The quantitative estimate of drug-likeness (QED) is 0.483. The van der Waals surface area contributed by atoms with Gasteiger partial charge in [0, 0.05) is 7.05 Å². The van der Waals surface area contributed by atoms with E-state index < -0.39 is 11.9 Å². The van der Waals surface area contributed by atoms with Gasteiger partial charge in [0.2, 0.25) is 11.9 Å². The average molecular weight is 117 g/mol. The van der Waals surface area contributed by atoms with Crippen molar-refractivity contribution in [2.45, 2.75) is 0 Å². The van der Waals surface area contributed by atoms with Gasteiger partial charge in [-0.25, -0.2) is 4.68 Å². The molecule has 0 spiro atoms. The van der Waals surface area contributed by atoms with Crippen molar-refractivity contribution in [3.05, 3.63) is 18.0 Å². The number of aromatic nitrogens is 2. The molecule has 1 rings (SSSR count). The summed E-state index contributed by atoms with van der Waals surface area (Å²) in [6.07, 6.45) is 0. The molecule has 0 fully saturated rings. The topological polar surface area (TPSA) is 17.8 Å². The van der Waals surface area contributed by atoms with Gasteiger partial charge in [0.15, 0.2) is 0 Å². The normalized spacial score (nSPS) is 9.88. The van der Waals surface area contributed by atoms with Gasteiger partial charge < -0.3 is 0 Å². The molecular weight excluding hydrogens is 114 g/mol. The standard InChI is InChI=1S/C4H3F2N2/c1-8-4(6)2-3(5)7-8/h1H3. The maximum Gasteiger partial charge on any atom is 0.243 e. The number of aryl methyl sites for hydroxylation is 1. The third-order valence-corrected chi connectivity index (χ3v) is 0.728. The number of nitrogens with zero attached hydrogens (tertiary/aromatic N) is 2. The molecule has 0 aliphatic carbocycles. The zero-order valence-electron chi connectivity index (χ0n) is 4.15. The molecule has 8 heavy (non-hydrogen) atoms. The van der Waals surface area contributed by atoms with E-state index >= 15 is 0 Å². The minimum atomic E-state index is -0.912.